The molecule has 0 bridgehead atoms. The average molecular weight is 140 g/mol. The Hall–Kier alpha value is -1.12. The molecule has 0 saturated carbocycles. The predicted molar refractivity (Wildman–Crippen MR) is 41.2 cm³/mol. The number of likely N-dealkylation sites (N-methyl/N-ethyl adjacent to an activating group) is 1. The molecule has 0 aliphatic rings. The summed E-state index contributed by atoms with van der Waals surface area (Å²) in [5.41, 5.74) is 0.226. The van der Waals surface area contributed by atoms with Crippen LogP contribution < -0.4 is 0 Å². The summed E-state index contributed by atoms with van der Waals surface area (Å²) in [4.78, 5) is 12.5. The molecule has 0 spiro atoms. The van der Waals surface area contributed by atoms with Gasteiger partial charge in [0.15, 0.2) is 0 Å². The summed E-state index contributed by atoms with van der Waals surface area (Å²) in [5.74, 6) is -0.183. The highest BCUT2D eigenvalue weighted by atomic mass is 16.2. The van der Waals surface area contributed by atoms with Gasteiger partial charge in [-0.2, -0.15) is 0 Å². The molecular weight excluding hydrogens is 128 g/mol. The second kappa shape index (κ2) is 3.82. The molecule has 56 valence electrons. The van der Waals surface area contributed by atoms with E-state index in [1.807, 2.05) is 6.92 Å². The number of carbonyl (C=O) groups excluding carboxylic acids is 1. The molecule has 0 aliphatic carbocycles. The molecule has 0 aromatic heterocycles. The van der Waals surface area contributed by atoms with Gasteiger partial charge in [-0.15, -0.1) is 0 Å². The van der Waals surface area contributed by atoms with Gasteiger partial charge in [0, 0.05) is 25.4 Å². The zero-order valence-corrected chi connectivity index (χ0v) is 6.35. The Morgan fingerprint density at radius 3 is 2.60 bits per heavy atom. The molecule has 3 nitrogen and oxygen atoms in total. The first kappa shape index (κ1) is 8.88. The summed E-state index contributed by atoms with van der Waals surface area (Å²) in [6, 6.07) is 0. The lowest BCUT2D eigenvalue weighted by Crippen LogP contribution is -2.27. The van der Waals surface area contributed by atoms with E-state index in [0.717, 1.165) is 6.21 Å². The highest BCUT2D eigenvalue weighted by molar-refractivity contribution is 6.10. The van der Waals surface area contributed by atoms with Gasteiger partial charge in [-0.3, -0.25) is 4.79 Å². The SMILES string of the molecule is C=C(C=N)C(=O)N(C)CC. The van der Waals surface area contributed by atoms with Gasteiger partial charge in [0.1, 0.15) is 0 Å². The smallest absolute Gasteiger partial charge is 0.254 e. The molecule has 0 rings (SSSR count). The molecule has 0 fully saturated rings. The van der Waals surface area contributed by atoms with Crippen LogP contribution in [0.4, 0.5) is 0 Å². The molecular formula is C7H12N2O. The van der Waals surface area contributed by atoms with Crippen LogP contribution in [0.15, 0.2) is 12.2 Å². The molecule has 0 heterocycles. The van der Waals surface area contributed by atoms with Gasteiger partial charge in [-0.25, -0.2) is 0 Å². The molecule has 0 unspecified atom stereocenters. The summed E-state index contributed by atoms with van der Waals surface area (Å²) < 4.78 is 0. The van der Waals surface area contributed by atoms with Gasteiger partial charge in [0.25, 0.3) is 5.91 Å². The Kier molecular flexibility index (Phi) is 3.39. The largest absolute Gasteiger partial charge is 0.342 e. The van der Waals surface area contributed by atoms with Gasteiger partial charge in [-0.05, 0) is 6.92 Å². The Bertz CT molecular complexity index is 163. The number of amides is 1. The minimum absolute atomic E-state index is 0.183. The van der Waals surface area contributed by atoms with E-state index in [-0.39, 0.29) is 11.5 Å². The van der Waals surface area contributed by atoms with E-state index < -0.39 is 0 Å². The summed E-state index contributed by atoms with van der Waals surface area (Å²) in [6.45, 7) is 5.92. The van der Waals surface area contributed by atoms with Crippen LogP contribution in [0, 0.1) is 5.41 Å². The lowest BCUT2D eigenvalue weighted by Gasteiger charge is -2.13. The van der Waals surface area contributed by atoms with Crippen molar-refractivity contribution >= 4 is 12.1 Å². The number of hydrogen-bond acceptors (Lipinski definition) is 2. The quantitative estimate of drug-likeness (QED) is 0.454. The maximum atomic E-state index is 11.0. The van der Waals surface area contributed by atoms with Crippen molar-refractivity contribution in [3.8, 4) is 0 Å². The predicted octanol–water partition coefficient (Wildman–Crippen LogP) is 0.670. The minimum Gasteiger partial charge on any atom is -0.342 e. The van der Waals surface area contributed by atoms with E-state index in [4.69, 9.17) is 5.41 Å². The van der Waals surface area contributed by atoms with Gasteiger partial charge in [0.2, 0.25) is 0 Å². The topological polar surface area (TPSA) is 44.2 Å². The van der Waals surface area contributed by atoms with Crippen LogP contribution in [0.3, 0.4) is 0 Å². The number of carbonyl (C=O) groups is 1. The maximum Gasteiger partial charge on any atom is 0.254 e. The number of rotatable bonds is 3. The van der Waals surface area contributed by atoms with Crippen molar-refractivity contribution in [1.29, 1.82) is 5.41 Å². The highest BCUT2D eigenvalue weighted by Gasteiger charge is 2.07. The zero-order chi connectivity index (χ0) is 8.15. The third-order valence-corrected chi connectivity index (χ3v) is 1.27. The second-order valence-electron chi connectivity index (χ2n) is 1.99. The molecule has 1 amide bonds. The molecule has 1 N–H and O–H groups in total. The Morgan fingerprint density at radius 1 is 1.80 bits per heavy atom. The van der Waals surface area contributed by atoms with Crippen LogP contribution in [0.25, 0.3) is 0 Å². The molecule has 10 heavy (non-hydrogen) atoms. The van der Waals surface area contributed by atoms with Crippen molar-refractivity contribution in [2.24, 2.45) is 0 Å². The Labute approximate surface area is 60.8 Å². The van der Waals surface area contributed by atoms with Crippen LogP contribution in [-0.2, 0) is 4.79 Å². The third-order valence-electron chi connectivity index (χ3n) is 1.27. The molecule has 0 aromatic carbocycles. The first-order valence-corrected chi connectivity index (χ1v) is 3.08. The van der Waals surface area contributed by atoms with Gasteiger partial charge < -0.3 is 10.3 Å². The van der Waals surface area contributed by atoms with Crippen LogP contribution in [0.1, 0.15) is 6.92 Å². The Morgan fingerprint density at radius 2 is 2.30 bits per heavy atom. The summed E-state index contributed by atoms with van der Waals surface area (Å²) in [6.07, 6.45) is 0.967. The van der Waals surface area contributed by atoms with E-state index >= 15 is 0 Å². The molecule has 0 aliphatic heterocycles. The van der Waals surface area contributed by atoms with Crippen molar-refractivity contribution < 1.29 is 4.79 Å². The first-order valence-electron chi connectivity index (χ1n) is 3.08. The van der Waals surface area contributed by atoms with Gasteiger partial charge in [-0.1, -0.05) is 6.58 Å². The van der Waals surface area contributed by atoms with Gasteiger partial charge >= 0.3 is 0 Å². The molecule has 0 radical (unpaired) electrons. The Balaban J connectivity index is 4.07. The van der Waals surface area contributed by atoms with Crippen molar-refractivity contribution in [3.05, 3.63) is 12.2 Å². The molecule has 0 atom stereocenters. The summed E-state index contributed by atoms with van der Waals surface area (Å²) in [5, 5.41) is 6.74. The van der Waals surface area contributed by atoms with E-state index in [1.165, 1.54) is 4.90 Å². The molecule has 0 saturated heterocycles. The summed E-state index contributed by atoms with van der Waals surface area (Å²) >= 11 is 0. The number of hydrogen-bond donors (Lipinski definition) is 1. The molecule has 0 aromatic rings. The monoisotopic (exact) mass is 140 g/mol. The average Bonchev–Trinajstić information content (AvgIpc) is 2.00. The number of nitrogens with zero attached hydrogens (tertiary/aromatic N) is 1. The van der Waals surface area contributed by atoms with Gasteiger partial charge in [0.05, 0.1) is 0 Å². The normalized spacial score (nSPS) is 8.60. The minimum atomic E-state index is -0.183. The highest BCUT2D eigenvalue weighted by Crippen LogP contribution is 1.92. The fourth-order valence-corrected chi connectivity index (χ4v) is 0.450. The lowest BCUT2D eigenvalue weighted by molar-refractivity contribution is -0.125. The van der Waals surface area contributed by atoms with E-state index in [1.54, 1.807) is 7.05 Å². The van der Waals surface area contributed by atoms with E-state index in [9.17, 15) is 4.79 Å². The standard InChI is InChI=1S/C7H12N2O/c1-4-9(3)7(10)6(2)5-8/h5,8H,2,4H2,1,3H3. The van der Waals surface area contributed by atoms with Crippen LogP contribution in [0.5, 0.6) is 0 Å². The van der Waals surface area contributed by atoms with E-state index in [2.05, 4.69) is 6.58 Å². The van der Waals surface area contributed by atoms with Crippen LogP contribution in [-0.4, -0.2) is 30.6 Å². The first-order chi connectivity index (χ1) is 4.63. The zero-order valence-electron chi connectivity index (χ0n) is 6.35. The van der Waals surface area contributed by atoms with Crippen molar-refractivity contribution in [1.82, 2.24) is 4.90 Å². The molecule has 3 heteroatoms. The van der Waals surface area contributed by atoms with Crippen molar-refractivity contribution in [3.63, 3.8) is 0 Å². The fourth-order valence-electron chi connectivity index (χ4n) is 0.450. The summed E-state index contributed by atoms with van der Waals surface area (Å²) in [7, 11) is 1.68. The second-order valence-corrected chi connectivity index (χ2v) is 1.99. The number of nitrogens with one attached hydrogen (secondary N) is 1. The van der Waals surface area contributed by atoms with Crippen molar-refractivity contribution in [2.45, 2.75) is 6.92 Å². The van der Waals surface area contributed by atoms with Crippen molar-refractivity contribution in [2.75, 3.05) is 13.6 Å². The lowest BCUT2D eigenvalue weighted by atomic mass is 10.3. The fraction of sp³-hybridized carbons (Fsp3) is 0.429. The van der Waals surface area contributed by atoms with Crippen LogP contribution >= 0.6 is 0 Å². The van der Waals surface area contributed by atoms with Crippen LogP contribution in [0.2, 0.25) is 0 Å². The third kappa shape index (κ3) is 2.01. The maximum absolute atomic E-state index is 11.0. The van der Waals surface area contributed by atoms with E-state index in [0.29, 0.717) is 6.54 Å².